The van der Waals surface area contributed by atoms with Gasteiger partial charge in [0.05, 0.1) is 0 Å². The maximum Gasteiger partial charge on any atom is 0.134 e. The molecule has 1 aliphatic carbocycles. The molecule has 1 aromatic carbocycles. The first-order valence-electron chi connectivity index (χ1n) is 6.10. The van der Waals surface area contributed by atoms with E-state index in [9.17, 15) is 0 Å². The second-order valence-corrected chi connectivity index (χ2v) is 4.49. The van der Waals surface area contributed by atoms with Crippen LogP contribution in [0.2, 0.25) is 0 Å². The summed E-state index contributed by atoms with van der Waals surface area (Å²) in [5.41, 5.74) is 2.62. The van der Waals surface area contributed by atoms with Crippen molar-refractivity contribution in [2.24, 2.45) is 0 Å². The molecule has 0 fully saturated rings. The molecule has 0 saturated heterocycles. The summed E-state index contributed by atoms with van der Waals surface area (Å²) in [7, 11) is 0. The van der Waals surface area contributed by atoms with Crippen molar-refractivity contribution >= 4 is 0 Å². The maximum atomic E-state index is 5.97. The van der Waals surface area contributed by atoms with E-state index in [1.54, 1.807) is 0 Å². The van der Waals surface area contributed by atoms with Crippen molar-refractivity contribution in [2.45, 2.75) is 32.1 Å². The molecule has 16 heavy (non-hydrogen) atoms. The number of benzene rings is 1. The molecule has 0 saturated carbocycles. The van der Waals surface area contributed by atoms with Crippen molar-refractivity contribution in [1.29, 1.82) is 0 Å². The Bertz CT molecular complexity index is 444. The zero-order valence-corrected chi connectivity index (χ0v) is 9.41. The standard InChI is InChI=1S/C15H16O/c1-3-7-12(8-4-1)15-11-13-9-5-2-6-10-14(13)16-15/h1,3-4,7-8,11H,2,5-6,9-10H2. The number of fused-ring (bicyclic) bond motifs is 1. The Balaban J connectivity index is 1.98. The summed E-state index contributed by atoms with van der Waals surface area (Å²) in [6.45, 7) is 0. The van der Waals surface area contributed by atoms with E-state index in [4.69, 9.17) is 4.42 Å². The van der Waals surface area contributed by atoms with Gasteiger partial charge in [-0.1, -0.05) is 36.8 Å². The van der Waals surface area contributed by atoms with Crippen LogP contribution in [0.1, 0.15) is 30.6 Å². The predicted molar refractivity (Wildman–Crippen MR) is 65.4 cm³/mol. The first-order chi connectivity index (χ1) is 7.93. The molecule has 1 aliphatic rings. The van der Waals surface area contributed by atoms with E-state index in [1.807, 2.05) is 6.07 Å². The highest BCUT2D eigenvalue weighted by molar-refractivity contribution is 5.58. The molecular formula is C15H16O. The van der Waals surface area contributed by atoms with Crippen molar-refractivity contribution in [3.05, 3.63) is 47.7 Å². The fourth-order valence-electron chi connectivity index (χ4n) is 2.41. The molecule has 0 radical (unpaired) electrons. The van der Waals surface area contributed by atoms with Gasteiger partial charge in [0.2, 0.25) is 0 Å². The van der Waals surface area contributed by atoms with Crippen LogP contribution in [0.3, 0.4) is 0 Å². The van der Waals surface area contributed by atoms with Crippen LogP contribution in [0.15, 0.2) is 40.8 Å². The fourth-order valence-corrected chi connectivity index (χ4v) is 2.41. The lowest BCUT2D eigenvalue weighted by molar-refractivity contribution is 0.513. The van der Waals surface area contributed by atoms with E-state index in [0.717, 1.165) is 12.2 Å². The Morgan fingerprint density at radius 1 is 0.875 bits per heavy atom. The second kappa shape index (κ2) is 4.17. The second-order valence-electron chi connectivity index (χ2n) is 4.49. The third-order valence-electron chi connectivity index (χ3n) is 3.30. The van der Waals surface area contributed by atoms with Crippen LogP contribution >= 0.6 is 0 Å². The van der Waals surface area contributed by atoms with Gasteiger partial charge in [-0.25, -0.2) is 0 Å². The van der Waals surface area contributed by atoms with Gasteiger partial charge in [-0.15, -0.1) is 0 Å². The Morgan fingerprint density at radius 3 is 2.56 bits per heavy atom. The number of furan rings is 1. The zero-order valence-electron chi connectivity index (χ0n) is 9.41. The van der Waals surface area contributed by atoms with Crippen LogP contribution in [0.25, 0.3) is 11.3 Å². The third-order valence-corrected chi connectivity index (χ3v) is 3.30. The molecule has 0 aliphatic heterocycles. The van der Waals surface area contributed by atoms with Crippen LogP contribution in [-0.4, -0.2) is 0 Å². The van der Waals surface area contributed by atoms with Crippen LogP contribution in [-0.2, 0) is 12.8 Å². The highest BCUT2D eigenvalue weighted by atomic mass is 16.3. The first-order valence-corrected chi connectivity index (χ1v) is 6.10. The number of hydrogen-bond acceptors (Lipinski definition) is 1. The summed E-state index contributed by atoms with van der Waals surface area (Å²) in [4.78, 5) is 0. The van der Waals surface area contributed by atoms with Gasteiger partial charge in [-0.2, -0.15) is 0 Å². The summed E-state index contributed by atoms with van der Waals surface area (Å²) >= 11 is 0. The molecule has 1 heterocycles. The first kappa shape index (κ1) is 9.71. The molecule has 0 amide bonds. The van der Waals surface area contributed by atoms with E-state index < -0.39 is 0 Å². The van der Waals surface area contributed by atoms with Gasteiger partial charge in [-0.3, -0.25) is 0 Å². The molecule has 1 heteroatoms. The average molecular weight is 212 g/mol. The van der Waals surface area contributed by atoms with Crippen LogP contribution < -0.4 is 0 Å². The quantitative estimate of drug-likeness (QED) is 0.645. The van der Waals surface area contributed by atoms with E-state index in [2.05, 4.69) is 30.3 Å². The molecule has 1 aromatic heterocycles. The lowest BCUT2D eigenvalue weighted by Gasteiger charge is -1.96. The molecule has 3 rings (SSSR count). The summed E-state index contributed by atoms with van der Waals surface area (Å²) in [6, 6.07) is 12.6. The SMILES string of the molecule is c1ccc(-c2cc3c(o2)CCCCC3)cc1. The molecule has 0 unspecified atom stereocenters. The Kier molecular flexibility index (Phi) is 2.53. The lowest BCUT2D eigenvalue weighted by atomic mass is 10.1. The predicted octanol–water partition coefficient (Wildman–Crippen LogP) is 4.22. The van der Waals surface area contributed by atoms with Gasteiger partial charge in [0.15, 0.2) is 0 Å². The Morgan fingerprint density at radius 2 is 1.69 bits per heavy atom. The average Bonchev–Trinajstić information content (AvgIpc) is 2.62. The van der Waals surface area contributed by atoms with Crippen LogP contribution in [0.4, 0.5) is 0 Å². The Hall–Kier alpha value is -1.50. The number of aryl methyl sites for hydroxylation is 2. The molecule has 0 spiro atoms. The molecule has 0 atom stereocenters. The summed E-state index contributed by atoms with van der Waals surface area (Å²) in [5, 5.41) is 0. The molecule has 0 bridgehead atoms. The monoisotopic (exact) mass is 212 g/mol. The smallest absolute Gasteiger partial charge is 0.134 e. The molecule has 82 valence electrons. The molecular weight excluding hydrogens is 196 g/mol. The molecule has 2 aromatic rings. The number of rotatable bonds is 1. The van der Waals surface area contributed by atoms with Crippen molar-refractivity contribution in [1.82, 2.24) is 0 Å². The van der Waals surface area contributed by atoms with Gasteiger partial charge < -0.3 is 4.42 Å². The topological polar surface area (TPSA) is 13.1 Å². The van der Waals surface area contributed by atoms with E-state index in [1.165, 1.54) is 42.6 Å². The van der Waals surface area contributed by atoms with Gasteiger partial charge >= 0.3 is 0 Å². The number of hydrogen-bond donors (Lipinski definition) is 0. The molecule has 0 N–H and O–H groups in total. The minimum absolute atomic E-state index is 1.03. The van der Waals surface area contributed by atoms with Gasteiger partial charge in [-0.05, 0) is 30.9 Å². The van der Waals surface area contributed by atoms with Crippen LogP contribution in [0.5, 0.6) is 0 Å². The summed E-state index contributed by atoms with van der Waals surface area (Å²) < 4.78 is 5.97. The van der Waals surface area contributed by atoms with Gasteiger partial charge in [0, 0.05) is 12.0 Å². The summed E-state index contributed by atoms with van der Waals surface area (Å²) in [6.07, 6.45) is 6.22. The van der Waals surface area contributed by atoms with Crippen molar-refractivity contribution in [3.8, 4) is 11.3 Å². The Labute approximate surface area is 96.1 Å². The lowest BCUT2D eigenvalue weighted by Crippen LogP contribution is -1.81. The third kappa shape index (κ3) is 1.78. The fraction of sp³-hybridized carbons (Fsp3) is 0.333. The highest BCUT2D eigenvalue weighted by Crippen LogP contribution is 2.29. The minimum atomic E-state index is 1.03. The molecule has 1 nitrogen and oxygen atoms in total. The van der Waals surface area contributed by atoms with Crippen molar-refractivity contribution in [3.63, 3.8) is 0 Å². The van der Waals surface area contributed by atoms with Gasteiger partial charge in [0.1, 0.15) is 11.5 Å². The zero-order chi connectivity index (χ0) is 10.8. The van der Waals surface area contributed by atoms with E-state index in [-0.39, 0.29) is 0 Å². The van der Waals surface area contributed by atoms with Gasteiger partial charge in [0.25, 0.3) is 0 Å². The van der Waals surface area contributed by atoms with E-state index in [0.29, 0.717) is 0 Å². The normalized spacial score (nSPS) is 15.5. The largest absolute Gasteiger partial charge is 0.461 e. The summed E-state index contributed by atoms with van der Waals surface area (Å²) in [5.74, 6) is 2.25. The van der Waals surface area contributed by atoms with Crippen molar-refractivity contribution in [2.75, 3.05) is 0 Å². The maximum absolute atomic E-state index is 5.97. The minimum Gasteiger partial charge on any atom is -0.461 e. The highest BCUT2D eigenvalue weighted by Gasteiger charge is 2.14. The van der Waals surface area contributed by atoms with E-state index >= 15 is 0 Å². The van der Waals surface area contributed by atoms with Crippen molar-refractivity contribution < 1.29 is 4.42 Å². The van der Waals surface area contributed by atoms with Crippen LogP contribution in [0, 0.1) is 0 Å².